The second-order valence-corrected chi connectivity index (χ2v) is 9.90. The van der Waals surface area contributed by atoms with Crippen LogP contribution in [0.3, 0.4) is 0 Å². The molecule has 196 valence electrons. The lowest BCUT2D eigenvalue weighted by molar-refractivity contribution is 0.605. The molecule has 0 saturated heterocycles. The minimum Gasteiger partial charge on any atom is -0.357 e. The molecule has 0 saturated carbocycles. The molecule has 0 N–H and O–H groups in total. The molecule has 0 aliphatic heterocycles. The summed E-state index contributed by atoms with van der Waals surface area (Å²) in [6.45, 7) is 13.3. The monoisotopic (exact) mass is 481 g/mol. The molecule has 2 heterocycles. The Kier molecular flexibility index (Phi) is 15.1. The zero-order valence-electron chi connectivity index (χ0n) is 23.1. The quantitative estimate of drug-likeness (QED) is 0.180. The number of anilines is 2. The maximum absolute atomic E-state index is 4.86. The number of hydrogen-bond donors (Lipinski definition) is 0. The van der Waals surface area contributed by atoms with E-state index < -0.39 is 0 Å². The lowest BCUT2D eigenvalue weighted by Crippen LogP contribution is -2.27. The van der Waals surface area contributed by atoms with Crippen LogP contribution in [-0.4, -0.2) is 41.1 Å². The average molecular weight is 482 g/mol. The van der Waals surface area contributed by atoms with Crippen molar-refractivity contribution in [3.8, 4) is 0 Å². The largest absolute Gasteiger partial charge is 0.357 e. The smallest absolute Gasteiger partial charge is 0.225 e. The number of rotatable bonds is 20. The van der Waals surface area contributed by atoms with Crippen LogP contribution in [0.15, 0.2) is 30.7 Å². The van der Waals surface area contributed by atoms with Gasteiger partial charge in [0, 0.05) is 51.2 Å². The van der Waals surface area contributed by atoms with E-state index in [0.29, 0.717) is 0 Å². The number of hydrogen-bond acceptors (Lipinski definition) is 5. The number of unbranched alkanes of at least 4 members (excludes halogenated alkanes) is 8. The first-order chi connectivity index (χ1) is 17.2. The van der Waals surface area contributed by atoms with Gasteiger partial charge in [0.15, 0.2) is 0 Å². The molecule has 0 bridgehead atoms. The summed E-state index contributed by atoms with van der Waals surface area (Å²) in [5.74, 6) is 1.99. The highest BCUT2D eigenvalue weighted by atomic mass is 15.2. The van der Waals surface area contributed by atoms with Gasteiger partial charge in [0.2, 0.25) is 5.95 Å². The molecule has 0 aliphatic rings. The summed E-state index contributed by atoms with van der Waals surface area (Å²) in [4.78, 5) is 19.1. The molecule has 2 aromatic heterocycles. The van der Waals surface area contributed by atoms with E-state index in [1.807, 2.05) is 18.6 Å². The van der Waals surface area contributed by atoms with Crippen LogP contribution in [-0.2, 0) is 6.42 Å². The fourth-order valence-corrected chi connectivity index (χ4v) is 4.36. The van der Waals surface area contributed by atoms with Crippen LogP contribution >= 0.6 is 0 Å². The Bertz CT molecular complexity index is 739. The molecule has 5 nitrogen and oxygen atoms in total. The Hall–Kier alpha value is -2.17. The summed E-state index contributed by atoms with van der Waals surface area (Å²) < 4.78 is 0. The third-order valence-electron chi connectivity index (χ3n) is 6.64. The summed E-state index contributed by atoms with van der Waals surface area (Å²) in [5, 5.41) is 0. The van der Waals surface area contributed by atoms with Gasteiger partial charge in [-0.1, -0.05) is 85.1 Å². The van der Waals surface area contributed by atoms with Crippen molar-refractivity contribution < 1.29 is 0 Å². The van der Waals surface area contributed by atoms with Crippen LogP contribution in [0.4, 0.5) is 11.8 Å². The van der Waals surface area contributed by atoms with Gasteiger partial charge in [0.05, 0.1) is 0 Å². The van der Waals surface area contributed by atoms with Crippen molar-refractivity contribution in [1.82, 2.24) is 15.0 Å². The molecule has 2 rings (SSSR count). The Morgan fingerprint density at radius 2 is 1.03 bits per heavy atom. The maximum Gasteiger partial charge on any atom is 0.225 e. The van der Waals surface area contributed by atoms with Crippen molar-refractivity contribution in [3.05, 3.63) is 41.9 Å². The first-order valence-corrected chi connectivity index (χ1v) is 14.5. The minimum absolute atomic E-state index is 0.824. The predicted molar refractivity (Wildman–Crippen MR) is 152 cm³/mol. The van der Waals surface area contributed by atoms with Crippen LogP contribution in [0.1, 0.15) is 116 Å². The fourth-order valence-electron chi connectivity index (χ4n) is 4.36. The van der Waals surface area contributed by atoms with Gasteiger partial charge in [-0.15, -0.1) is 0 Å². The fraction of sp³-hybridized carbons (Fsp3) is 0.700. The van der Waals surface area contributed by atoms with Gasteiger partial charge in [0.25, 0.3) is 0 Å². The van der Waals surface area contributed by atoms with Gasteiger partial charge in [-0.25, -0.2) is 15.0 Å². The topological polar surface area (TPSA) is 45.2 Å². The highest BCUT2D eigenvalue weighted by Gasteiger charge is 2.10. The molecule has 5 heteroatoms. The van der Waals surface area contributed by atoms with Crippen LogP contribution in [0.5, 0.6) is 0 Å². The Balaban J connectivity index is 1.97. The van der Waals surface area contributed by atoms with E-state index >= 15 is 0 Å². The molecule has 0 unspecified atom stereocenters. The minimum atomic E-state index is 0.824. The standard InChI is InChI=1S/C30H51N5/c1-5-9-13-15-21-34(22-16-14-10-6-2)29-18-17-27(24-31-29)23-28-25-32-30(33-26-28)35(19-11-7-3)20-12-8-4/h17-18,24-26H,5-16,19-23H2,1-4H3. The summed E-state index contributed by atoms with van der Waals surface area (Å²) in [5.41, 5.74) is 2.36. The molecule has 35 heavy (non-hydrogen) atoms. The third-order valence-corrected chi connectivity index (χ3v) is 6.64. The summed E-state index contributed by atoms with van der Waals surface area (Å²) in [6.07, 6.45) is 21.9. The van der Waals surface area contributed by atoms with Crippen LogP contribution in [0, 0.1) is 0 Å². The van der Waals surface area contributed by atoms with E-state index in [4.69, 9.17) is 15.0 Å². The normalized spacial score (nSPS) is 11.1. The van der Waals surface area contributed by atoms with Crippen LogP contribution in [0.2, 0.25) is 0 Å². The molecule has 0 spiro atoms. The maximum atomic E-state index is 4.86. The van der Waals surface area contributed by atoms with E-state index in [2.05, 4.69) is 49.6 Å². The Morgan fingerprint density at radius 1 is 0.514 bits per heavy atom. The van der Waals surface area contributed by atoms with E-state index in [1.165, 1.54) is 82.6 Å². The Labute approximate surface area is 215 Å². The average Bonchev–Trinajstić information content (AvgIpc) is 2.89. The lowest BCUT2D eigenvalue weighted by Gasteiger charge is -2.24. The molecule has 2 aromatic rings. The summed E-state index contributed by atoms with van der Waals surface area (Å²) >= 11 is 0. The predicted octanol–water partition coefficient (Wildman–Crippen LogP) is 7.84. The zero-order valence-corrected chi connectivity index (χ0v) is 23.1. The number of nitrogens with zero attached hydrogens (tertiary/aromatic N) is 5. The summed E-state index contributed by atoms with van der Waals surface area (Å²) in [7, 11) is 0. The zero-order chi connectivity index (χ0) is 25.1. The first kappa shape index (κ1) is 29.1. The van der Waals surface area contributed by atoms with Gasteiger partial charge in [0.1, 0.15) is 5.82 Å². The SMILES string of the molecule is CCCCCCN(CCCCCC)c1ccc(Cc2cnc(N(CCCC)CCCC)nc2)cn1. The van der Waals surface area contributed by atoms with Crippen LogP contribution in [0.25, 0.3) is 0 Å². The van der Waals surface area contributed by atoms with Crippen molar-refractivity contribution in [1.29, 1.82) is 0 Å². The van der Waals surface area contributed by atoms with Gasteiger partial charge in [-0.2, -0.15) is 0 Å². The number of aromatic nitrogens is 3. The van der Waals surface area contributed by atoms with Crippen molar-refractivity contribution in [2.75, 3.05) is 36.0 Å². The molecule has 0 aliphatic carbocycles. The van der Waals surface area contributed by atoms with Gasteiger partial charge < -0.3 is 9.80 Å². The van der Waals surface area contributed by atoms with E-state index in [1.54, 1.807) is 0 Å². The van der Waals surface area contributed by atoms with E-state index in [-0.39, 0.29) is 0 Å². The molecule has 0 aromatic carbocycles. The molecule has 0 radical (unpaired) electrons. The van der Waals surface area contributed by atoms with Crippen molar-refractivity contribution in [2.45, 2.75) is 111 Å². The van der Waals surface area contributed by atoms with Gasteiger partial charge in [-0.3, -0.25) is 0 Å². The third kappa shape index (κ3) is 11.4. The van der Waals surface area contributed by atoms with E-state index in [9.17, 15) is 0 Å². The molecule has 0 atom stereocenters. The van der Waals surface area contributed by atoms with Crippen molar-refractivity contribution >= 4 is 11.8 Å². The van der Waals surface area contributed by atoms with E-state index in [0.717, 1.165) is 49.9 Å². The van der Waals surface area contributed by atoms with Gasteiger partial charge in [-0.05, 0) is 42.9 Å². The highest BCUT2D eigenvalue weighted by molar-refractivity contribution is 5.40. The number of pyridine rings is 1. The van der Waals surface area contributed by atoms with Crippen molar-refractivity contribution in [2.24, 2.45) is 0 Å². The molecule has 0 amide bonds. The second-order valence-electron chi connectivity index (χ2n) is 9.90. The lowest BCUT2D eigenvalue weighted by atomic mass is 10.1. The Morgan fingerprint density at radius 3 is 1.51 bits per heavy atom. The first-order valence-electron chi connectivity index (χ1n) is 14.5. The highest BCUT2D eigenvalue weighted by Crippen LogP contribution is 2.17. The summed E-state index contributed by atoms with van der Waals surface area (Å²) in [6, 6.07) is 4.44. The van der Waals surface area contributed by atoms with Crippen molar-refractivity contribution in [3.63, 3.8) is 0 Å². The molecular weight excluding hydrogens is 430 g/mol. The molecular formula is C30H51N5. The second kappa shape index (κ2) is 18.1. The van der Waals surface area contributed by atoms with Gasteiger partial charge >= 0.3 is 0 Å². The van der Waals surface area contributed by atoms with Crippen LogP contribution < -0.4 is 9.80 Å². The molecule has 0 fully saturated rings.